The Kier molecular flexibility index (Phi) is 7.94. The number of carboxylic acids is 1. The molecule has 0 spiro atoms. The number of ether oxygens (including phenoxy) is 1. The monoisotopic (exact) mass is 552 g/mol. The van der Waals surface area contributed by atoms with Gasteiger partial charge in [0.05, 0.1) is 6.04 Å². The van der Waals surface area contributed by atoms with Gasteiger partial charge in [-0.05, 0) is 104 Å². The summed E-state index contributed by atoms with van der Waals surface area (Å²) in [5, 5.41) is 13.6. The van der Waals surface area contributed by atoms with Crippen LogP contribution in [0.1, 0.15) is 102 Å². The lowest BCUT2D eigenvalue weighted by molar-refractivity contribution is -0.144. The van der Waals surface area contributed by atoms with E-state index in [9.17, 15) is 14.7 Å². The molecular weight excluding hydrogens is 512 g/mol. The number of aryl methyl sites for hydroxylation is 1. The molecule has 3 aromatic carbocycles. The van der Waals surface area contributed by atoms with Crippen molar-refractivity contribution in [2.45, 2.75) is 84.9 Å². The molecule has 1 heterocycles. The van der Waals surface area contributed by atoms with Crippen molar-refractivity contribution < 1.29 is 19.4 Å². The standard InChI is InChI=1S/C35H40N2O4/c1-20(2)27-8-7-9-28(17-27)22(4)36-34(38)29-13-15-32-31(18-29)21(3)23(5)37(32)19-25-10-14-30(26-11-12-26)33(16-25)41-24(6)35(39)40/h7-10,13-18,20,22,24,26H,11-12,19H2,1-6H3,(H,36,38)(H,39,40)/t22-,24?/m0/s1. The summed E-state index contributed by atoms with van der Waals surface area (Å²) in [6.07, 6.45) is 1.30. The van der Waals surface area contributed by atoms with Crippen LogP contribution in [0.25, 0.3) is 10.9 Å². The Morgan fingerprint density at radius 3 is 2.39 bits per heavy atom. The third-order valence-corrected chi connectivity index (χ3v) is 8.41. The Morgan fingerprint density at radius 2 is 1.71 bits per heavy atom. The zero-order valence-electron chi connectivity index (χ0n) is 24.8. The van der Waals surface area contributed by atoms with E-state index in [1.54, 1.807) is 6.92 Å². The Bertz CT molecular complexity index is 1610. The molecule has 1 amide bonds. The molecule has 2 N–H and O–H groups in total. The van der Waals surface area contributed by atoms with Crippen molar-refractivity contribution in [2.24, 2.45) is 0 Å². The van der Waals surface area contributed by atoms with Crippen LogP contribution in [0, 0.1) is 13.8 Å². The van der Waals surface area contributed by atoms with E-state index in [4.69, 9.17) is 4.74 Å². The van der Waals surface area contributed by atoms with E-state index in [2.05, 4.69) is 74.0 Å². The summed E-state index contributed by atoms with van der Waals surface area (Å²) in [6, 6.07) is 20.4. The molecule has 6 heteroatoms. The summed E-state index contributed by atoms with van der Waals surface area (Å²) in [7, 11) is 0. The molecule has 0 bridgehead atoms. The van der Waals surface area contributed by atoms with E-state index in [-0.39, 0.29) is 11.9 Å². The van der Waals surface area contributed by atoms with Gasteiger partial charge in [0.1, 0.15) is 5.75 Å². The molecule has 5 rings (SSSR count). The van der Waals surface area contributed by atoms with Crippen LogP contribution in [0.2, 0.25) is 0 Å². The van der Waals surface area contributed by atoms with Crippen LogP contribution in [0.5, 0.6) is 5.75 Å². The van der Waals surface area contributed by atoms with Gasteiger partial charge in [-0.25, -0.2) is 4.79 Å². The first-order valence-electron chi connectivity index (χ1n) is 14.6. The van der Waals surface area contributed by atoms with Crippen LogP contribution in [0.3, 0.4) is 0 Å². The number of rotatable bonds is 10. The van der Waals surface area contributed by atoms with Crippen molar-refractivity contribution in [1.29, 1.82) is 0 Å². The topological polar surface area (TPSA) is 80.6 Å². The van der Waals surface area contributed by atoms with Crippen molar-refractivity contribution in [1.82, 2.24) is 9.88 Å². The average Bonchev–Trinajstić information content (AvgIpc) is 3.77. The number of nitrogens with zero attached hydrogens (tertiary/aromatic N) is 1. The summed E-state index contributed by atoms with van der Waals surface area (Å²) < 4.78 is 8.13. The van der Waals surface area contributed by atoms with E-state index >= 15 is 0 Å². The Balaban J connectivity index is 1.39. The lowest BCUT2D eigenvalue weighted by Crippen LogP contribution is -2.26. The third-order valence-electron chi connectivity index (χ3n) is 8.41. The minimum absolute atomic E-state index is 0.0934. The van der Waals surface area contributed by atoms with Gasteiger partial charge in [-0.1, -0.05) is 50.2 Å². The Labute approximate surface area is 242 Å². The van der Waals surface area contributed by atoms with E-state index in [1.165, 1.54) is 5.56 Å². The van der Waals surface area contributed by atoms with Gasteiger partial charge in [-0.3, -0.25) is 4.79 Å². The second-order valence-electron chi connectivity index (χ2n) is 11.8. The van der Waals surface area contributed by atoms with Crippen LogP contribution in [0.15, 0.2) is 60.7 Å². The lowest BCUT2D eigenvalue weighted by Gasteiger charge is -2.17. The quantitative estimate of drug-likeness (QED) is 0.212. The first-order chi connectivity index (χ1) is 19.5. The van der Waals surface area contributed by atoms with Gasteiger partial charge in [-0.2, -0.15) is 0 Å². The zero-order valence-corrected chi connectivity index (χ0v) is 24.8. The zero-order chi connectivity index (χ0) is 29.4. The largest absolute Gasteiger partial charge is 0.479 e. The molecule has 1 unspecified atom stereocenters. The summed E-state index contributed by atoms with van der Waals surface area (Å²) in [4.78, 5) is 24.7. The molecule has 0 aliphatic heterocycles. The van der Waals surface area contributed by atoms with Gasteiger partial charge >= 0.3 is 5.97 Å². The van der Waals surface area contributed by atoms with Crippen molar-refractivity contribution in [3.63, 3.8) is 0 Å². The number of carboxylic acid groups (broad SMARTS) is 1. The number of fused-ring (bicyclic) bond motifs is 1. The maximum atomic E-state index is 13.3. The van der Waals surface area contributed by atoms with Gasteiger partial charge in [0, 0.05) is 28.7 Å². The molecule has 1 aliphatic rings. The summed E-state index contributed by atoms with van der Waals surface area (Å²) in [6.45, 7) is 12.7. The summed E-state index contributed by atoms with van der Waals surface area (Å²) >= 11 is 0. The number of hydrogen-bond donors (Lipinski definition) is 2. The highest BCUT2D eigenvalue weighted by atomic mass is 16.5. The molecular formula is C35H40N2O4. The second kappa shape index (κ2) is 11.4. The molecule has 1 aliphatic carbocycles. The van der Waals surface area contributed by atoms with Crippen molar-refractivity contribution in [2.75, 3.05) is 0 Å². The molecule has 1 saturated carbocycles. The number of amides is 1. The fourth-order valence-electron chi connectivity index (χ4n) is 5.48. The van der Waals surface area contributed by atoms with E-state index < -0.39 is 12.1 Å². The molecule has 1 fully saturated rings. The Hall–Kier alpha value is -4.06. The van der Waals surface area contributed by atoms with Crippen molar-refractivity contribution in [3.8, 4) is 5.75 Å². The molecule has 1 aromatic heterocycles. The van der Waals surface area contributed by atoms with Gasteiger partial charge in [0.15, 0.2) is 6.10 Å². The predicted molar refractivity (Wildman–Crippen MR) is 163 cm³/mol. The molecule has 41 heavy (non-hydrogen) atoms. The minimum atomic E-state index is -0.974. The van der Waals surface area contributed by atoms with Crippen LogP contribution in [0.4, 0.5) is 0 Å². The van der Waals surface area contributed by atoms with Crippen LogP contribution >= 0.6 is 0 Å². The number of aromatic nitrogens is 1. The second-order valence-corrected chi connectivity index (χ2v) is 11.8. The van der Waals surface area contributed by atoms with Crippen LogP contribution in [-0.2, 0) is 11.3 Å². The highest BCUT2D eigenvalue weighted by Gasteiger charge is 2.28. The number of hydrogen-bond acceptors (Lipinski definition) is 3. The van der Waals surface area contributed by atoms with Gasteiger partial charge < -0.3 is 19.7 Å². The normalized spacial score (nSPS) is 14.7. The first-order valence-corrected chi connectivity index (χ1v) is 14.6. The molecule has 4 aromatic rings. The number of carbonyl (C=O) groups is 2. The van der Waals surface area contributed by atoms with E-state index in [1.807, 2.05) is 31.2 Å². The molecule has 6 nitrogen and oxygen atoms in total. The summed E-state index contributed by atoms with van der Waals surface area (Å²) in [5.74, 6) is 0.474. The van der Waals surface area contributed by atoms with Crippen LogP contribution < -0.4 is 10.1 Å². The fourth-order valence-corrected chi connectivity index (χ4v) is 5.48. The first kappa shape index (κ1) is 28.5. The summed E-state index contributed by atoms with van der Waals surface area (Å²) in [5.41, 5.74) is 8.45. The third kappa shape index (κ3) is 6.02. The SMILES string of the molecule is Cc1c(C)n(Cc2ccc(C3CC3)c(OC(C)C(=O)O)c2)c2ccc(C(=O)N[C@@H](C)c3cccc(C(C)C)c3)cc12. The minimum Gasteiger partial charge on any atom is -0.479 e. The number of aliphatic carboxylic acids is 1. The highest BCUT2D eigenvalue weighted by molar-refractivity contribution is 5.99. The Morgan fingerprint density at radius 1 is 0.976 bits per heavy atom. The molecule has 2 atom stereocenters. The number of benzene rings is 3. The smallest absolute Gasteiger partial charge is 0.344 e. The highest BCUT2D eigenvalue weighted by Crippen LogP contribution is 2.45. The predicted octanol–water partition coefficient (Wildman–Crippen LogP) is 7.65. The molecule has 0 saturated heterocycles. The maximum absolute atomic E-state index is 13.3. The van der Waals surface area contributed by atoms with Crippen molar-refractivity contribution in [3.05, 3.63) is 99.7 Å². The van der Waals surface area contributed by atoms with Gasteiger partial charge in [0.2, 0.25) is 0 Å². The fraction of sp³-hybridized carbons (Fsp3) is 0.371. The lowest BCUT2D eigenvalue weighted by atomic mass is 9.98. The molecule has 214 valence electrons. The molecule has 0 radical (unpaired) electrons. The van der Waals surface area contributed by atoms with Gasteiger partial charge in [0.25, 0.3) is 5.91 Å². The number of nitrogens with one attached hydrogen (secondary N) is 1. The van der Waals surface area contributed by atoms with Gasteiger partial charge in [-0.15, -0.1) is 0 Å². The number of carbonyl (C=O) groups excluding carboxylic acids is 1. The van der Waals surface area contributed by atoms with Crippen LogP contribution in [-0.4, -0.2) is 27.7 Å². The van der Waals surface area contributed by atoms with E-state index in [0.29, 0.717) is 29.7 Å². The van der Waals surface area contributed by atoms with E-state index in [0.717, 1.165) is 51.7 Å². The average molecular weight is 553 g/mol. The maximum Gasteiger partial charge on any atom is 0.344 e. The van der Waals surface area contributed by atoms with Crippen molar-refractivity contribution >= 4 is 22.8 Å².